The van der Waals surface area contributed by atoms with Crippen molar-refractivity contribution in [3.05, 3.63) is 51.9 Å². The number of hydrogen-bond donors (Lipinski definition) is 1. The number of rotatable bonds is 4. The lowest BCUT2D eigenvalue weighted by atomic mass is 10.2. The van der Waals surface area contributed by atoms with E-state index < -0.39 is 5.97 Å². The van der Waals surface area contributed by atoms with Crippen molar-refractivity contribution in [3.63, 3.8) is 0 Å². The van der Waals surface area contributed by atoms with Gasteiger partial charge in [-0.3, -0.25) is 0 Å². The van der Waals surface area contributed by atoms with Crippen LogP contribution >= 0.6 is 15.9 Å². The highest BCUT2D eigenvalue weighted by atomic mass is 79.9. The van der Waals surface area contributed by atoms with Crippen LogP contribution < -0.4 is 4.74 Å². The number of aryl methyl sites for hydroxylation is 1. The highest BCUT2D eigenvalue weighted by Gasteiger charge is 2.09. The molecule has 0 saturated heterocycles. The van der Waals surface area contributed by atoms with Gasteiger partial charge in [0.25, 0.3) is 0 Å². The highest BCUT2D eigenvalue weighted by molar-refractivity contribution is 9.10. The number of halogens is 1. The second-order valence-electron chi connectivity index (χ2n) is 3.77. The zero-order valence-electron chi connectivity index (χ0n) is 9.64. The minimum absolute atomic E-state index is 0.0823. The van der Waals surface area contributed by atoms with Gasteiger partial charge in [-0.05, 0) is 42.8 Å². The summed E-state index contributed by atoms with van der Waals surface area (Å²) in [6.07, 6.45) is 0. The van der Waals surface area contributed by atoms with E-state index in [0.29, 0.717) is 5.76 Å². The topological polar surface area (TPSA) is 59.7 Å². The molecule has 1 heterocycles. The maximum Gasteiger partial charge on any atom is 0.371 e. The molecule has 0 amide bonds. The van der Waals surface area contributed by atoms with E-state index in [0.717, 1.165) is 15.8 Å². The van der Waals surface area contributed by atoms with Crippen molar-refractivity contribution < 1.29 is 19.1 Å². The third-order valence-electron chi connectivity index (χ3n) is 2.38. The predicted molar refractivity (Wildman–Crippen MR) is 68.9 cm³/mol. The van der Waals surface area contributed by atoms with E-state index in [2.05, 4.69) is 15.9 Å². The van der Waals surface area contributed by atoms with Crippen molar-refractivity contribution in [3.8, 4) is 5.75 Å². The van der Waals surface area contributed by atoms with E-state index in [1.54, 1.807) is 6.07 Å². The quantitative estimate of drug-likeness (QED) is 0.936. The summed E-state index contributed by atoms with van der Waals surface area (Å²) in [5.41, 5.74) is 0.995. The number of benzene rings is 1. The normalized spacial score (nSPS) is 10.3. The van der Waals surface area contributed by atoms with E-state index >= 15 is 0 Å². The molecular formula is C13H11BrO4. The van der Waals surface area contributed by atoms with Crippen LogP contribution in [0, 0.1) is 6.92 Å². The van der Waals surface area contributed by atoms with Crippen molar-refractivity contribution in [2.45, 2.75) is 13.5 Å². The lowest BCUT2D eigenvalue weighted by Crippen LogP contribution is -1.96. The number of carboxylic acids is 1. The van der Waals surface area contributed by atoms with Gasteiger partial charge >= 0.3 is 5.97 Å². The first-order valence-electron chi connectivity index (χ1n) is 5.27. The summed E-state index contributed by atoms with van der Waals surface area (Å²) in [4.78, 5) is 10.6. The molecule has 0 radical (unpaired) electrons. The first-order chi connectivity index (χ1) is 8.56. The summed E-state index contributed by atoms with van der Waals surface area (Å²) in [7, 11) is 0. The third-order valence-corrected chi connectivity index (χ3v) is 2.87. The van der Waals surface area contributed by atoms with Crippen LogP contribution in [0.5, 0.6) is 5.75 Å². The molecule has 0 aliphatic heterocycles. The number of hydrogen-bond acceptors (Lipinski definition) is 3. The molecule has 94 valence electrons. The van der Waals surface area contributed by atoms with Gasteiger partial charge in [0, 0.05) is 4.47 Å². The molecule has 4 nitrogen and oxygen atoms in total. The molecule has 0 atom stereocenters. The van der Waals surface area contributed by atoms with Crippen molar-refractivity contribution in [2.75, 3.05) is 0 Å². The third kappa shape index (κ3) is 2.92. The second kappa shape index (κ2) is 5.27. The monoisotopic (exact) mass is 310 g/mol. The molecular weight excluding hydrogens is 300 g/mol. The molecule has 0 fully saturated rings. The van der Waals surface area contributed by atoms with Gasteiger partial charge < -0.3 is 14.3 Å². The Balaban J connectivity index is 2.04. The first-order valence-corrected chi connectivity index (χ1v) is 6.06. The predicted octanol–water partition coefficient (Wildman–Crippen LogP) is 3.63. The van der Waals surface area contributed by atoms with Gasteiger partial charge in [-0.1, -0.05) is 15.9 Å². The number of furan rings is 1. The average Bonchev–Trinajstić information content (AvgIpc) is 2.76. The summed E-state index contributed by atoms with van der Waals surface area (Å²) >= 11 is 3.37. The summed E-state index contributed by atoms with van der Waals surface area (Å²) in [6, 6.07) is 8.68. The minimum Gasteiger partial charge on any atom is -0.485 e. The molecule has 1 aromatic heterocycles. The molecule has 0 saturated carbocycles. The van der Waals surface area contributed by atoms with Crippen LogP contribution in [0.1, 0.15) is 21.9 Å². The zero-order valence-corrected chi connectivity index (χ0v) is 11.2. The van der Waals surface area contributed by atoms with Crippen molar-refractivity contribution in [1.29, 1.82) is 0 Å². The molecule has 0 aliphatic rings. The first kappa shape index (κ1) is 12.7. The van der Waals surface area contributed by atoms with Crippen LogP contribution in [0.2, 0.25) is 0 Å². The lowest BCUT2D eigenvalue weighted by Gasteiger charge is -2.07. The van der Waals surface area contributed by atoms with Gasteiger partial charge in [0.1, 0.15) is 18.1 Å². The lowest BCUT2D eigenvalue weighted by molar-refractivity contribution is 0.0658. The van der Waals surface area contributed by atoms with Crippen LogP contribution in [0.4, 0.5) is 0 Å². The number of carboxylic acid groups (broad SMARTS) is 1. The van der Waals surface area contributed by atoms with Gasteiger partial charge in [0.2, 0.25) is 5.76 Å². The van der Waals surface area contributed by atoms with E-state index in [-0.39, 0.29) is 12.4 Å². The molecule has 0 spiro atoms. The van der Waals surface area contributed by atoms with Crippen LogP contribution in [-0.2, 0) is 6.61 Å². The van der Waals surface area contributed by atoms with Crippen molar-refractivity contribution >= 4 is 21.9 Å². The Morgan fingerprint density at radius 3 is 2.78 bits per heavy atom. The summed E-state index contributed by atoms with van der Waals surface area (Å²) in [5.74, 6) is 0.0587. The molecule has 5 heteroatoms. The van der Waals surface area contributed by atoms with Gasteiger partial charge in [-0.25, -0.2) is 4.79 Å². The van der Waals surface area contributed by atoms with E-state index in [4.69, 9.17) is 14.3 Å². The Kier molecular flexibility index (Phi) is 3.72. The highest BCUT2D eigenvalue weighted by Crippen LogP contribution is 2.23. The van der Waals surface area contributed by atoms with Crippen molar-refractivity contribution in [2.24, 2.45) is 0 Å². The van der Waals surface area contributed by atoms with Crippen LogP contribution in [0.15, 0.2) is 39.2 Å². The fourth-order valence-electron chi connectivity index (χ4n) is 1.49. The van der Waals surface area contributed by atoms with Crippen LogP contribution in [0.3, 0.4) is 0 Å². The molecule has 0 unspecified atom stereocenters. The molecule has 1 aromatic carbocycles. The Hall–Kier alpha value is -1.75. The minimum atomic E-state index is -1.08. The van der Waals surface area contributed by atoms with Gasteiger partial charge in [-0.2, -0.15) is 0 Å². The summed E-state index contributed by atoms with van der Waals surface area (Å²) < 4.78 is 11.6. The van der Waals surface area contributed by atoms with E-state index in [9.17, 15) is 4.79 Å². The molecule has 18 heavy (non-hydrogen) atoms. The molecule has 1 N–H and O–H groups in total. The van der Waals surface area contributed by atoms with E-state index in [1.807, 2.05) is 25.1 Å². The second-order valence-corrected chi connectivity index (χ2v) is 4.69. The Morgan fingerprint density at radius 1 is 1.39 bits per heavy atom. The van der Waals surface area contributed by atoms with E-state index in [1.165, 1.54) is 6.07 Å². The SMILES string of the molecule is Cc1cc(Br)ccc1OCc1ccc(C(=O)O)o1. The maximum atomic E-state index is 10.6. The molecule has 0 bridgehead atoms. The number of carbonyl (C=O) groups is 1. The van der Waals surface area contributed by atoms with Gasteiger partial charge in [0.15, 0.2) is 0 Å². The molecule has 2 aromatic rings. The maximum absolute atomic E-state index is 10.6. The molecule has 0 aliphatic carbocycles. The Morgan fingerprint density at radius 2 is 2.17 bits per heavy atom. The average molecular weight is 311 g/mol. The summed E-state index contributed by atoms with van der Waals surface area (Å²) in [6.45, 7) is 2.14. The van der Waals surface area contributed by atoms with Gasteiger partial charge in [0.05, 0.1) is 0 Å². The largest absolute Gasteiger partial charge is 0.485 e. The molecule has 2 rings (SSSR count). The Bertz CT molecular complexity index is 574. The zero-order chi connectivity index (χ0) is 13.1. The number of ether oxygens (including phenoxy) is 1. The van der Waals surface area contributed by atoms with Crippen molar-refractivity contribution in [1.82, 2.24) is 0 Å². The number of aromatic carboxylic acids is 1. The standard InChI is InChI=1S/C13H11BrO4/c1-8-6-9(14)2-4-11(8)17-7-10-3-5-12(18-10)13(15)16/h2-6H,7H2,1H3,(H,15,16). The Labute approximate surface area is 112 Å². The van der Waals surface area contributed by atoms with Gasteiger partial charge in [-0.15, -0.1) is 0 Å². The van der Waals surface area contributed by atoms with Crippen LogP contribution in [-0.4, -0.2) is 11.1 Å². The summed E-state index contributed by atoms with van der Waals surface area (Å²) in [5, 5.41) is 8.72. The smallest absolute Gasteiger partial charge is 0.371 e. The fraction of sp³-hybridized carbons (Fsp3) is 0.154. The fourth-order valence-corrected chi connectivity index (χ4v) is 1.97. The van der Waals surface area contributed by atoms with Crippen LogP contribution in [0.25, 0.3) is 0 Å².